The molecule has 1 rings (SSSR count). The second-order valence-corrected chi connectivity index (χ2v) is 5.48. The van der Waals surface area contributed by atoms with Crippen LogP contribution < -0.4 is 10.1 Å². The van der Waals surface area contributed by atoms with Gasteiger partial charge in [-0.25, -0.2) is 0 Å². The van der Waals surface area contributed by atoms with E-state index in [1.54, 1.807) is 0 Å². The molecule has 0 amide bonds. The Hall–Kier alpha value is -1.06. The Morgan fingerprint density at radius 1 is 1.17 bits per heavy atom. The Kier molecular flexibility index (Phi) is 5.17. The normalized spacial score (nSPS) is 14.9. The highest BCUT2D eigenvalue weighted by molar-refractivity contribution is 5.32. The third kappa shape index (κ3) is 4.00. The summed E-state index contributed by atoms with van der Waals surface area (Å²) in [5.41, 5.74) is 0.652. The average molecular weight is 251 g/mol. The van der Waals surface area contributed by atoms with E-state index in [4.69, 9.17) is 4.74 Å². The minimum atomic E-state index is -0.412. The van der Waals surface area contributed by atoms with Gasteiger partial charge in [-0.1, -0.05) is 12.1 Å². The molecule has 1 unspecified atom stereocenters. The Labute approximate surface area is 110 Å². The zero-order valence-corrected chi connectivity index (χ0v) is 12.0. The number of rotatable bonds is 6. The van der Waals surface area contributed by atoms with Gasteiger partial charge in [-0.15, -0.1) is 0 Å². The molecule has 0 aliphatic rings. The molecule has 2 N–H and O–H groups in total. The van der Waals surface area contributed by atoms with Gasteiger partial charge >= 0.3 is 0 Å². The minimum Gasteiger partial charge on any atom is -0.491 e. The number of nitrogens with one attached hydrogen (secondary N) is 1. The van der Waals surface area contributed by atoms with Gasteiger partial charge in [0.25, 0.3) is 0 Å². The molecule has 0 fully saturated rings. The van der Waals surface area contributed by atoms with Crippen molar-refractivity contribution in [1.82, 2.24) is 5.32 Å². The molecule has 1 aromatic carbocycles. The summed E-state index contributed by atoms with van der Waals surface area (Å²) in [7, 11) is 0. The summed E-state index contributed by atoms with van der Waals surface area (Å²) in [4.78, 5) is 0. The van der Waals surface area contributed by atoms with Crippen LogP contribution in [0, 0.1) is 0 Å². The first-order chi connectivity index (χ1) is 8.37. The highest BCUT2D eigenvalue weighted by Gasteiger charge is 2.26. The molecule has 0 heterocycles. The molecule has 0 saturated heterocycles. The standard InChI is InChI=1S/C15H25NO2/c1-11(2)16-15(5,10-17)13-6-8-14(9-7-13)18-12(3)4/h6-9,11-12,16-17H,10H2,1-5H3. The highest BCUT2D eigenvalue weighted by atomic mass is 16.5. The van der Waals surface area contributed by atoms with Crippen LogP contribution >= 0.6 is 0 Å². The zero-order chi connectivity index (χ0) is 13.8. The lowest BCUT2D eigenvalue weighted by molar-refractivity contribution is 0.166. The molecule has 0 radical (unpaired) electrons. The minimum absolute atomic E-state index is 0.0650. The van der Waals surface area contributed by atoms with Crippen LogP contribution in [0.5, 0.6) is 5.75 Å². The fourth-order valence-corrected chi connectivity index (χ4v) is 2.03. The molecule has 1 atom stereocenters. The molecule has 0 spiro atoms. The van der Waals surface area contributed by atoms with Crippen molar-refractivity contribution in [2.24, 2.45) is 0 Å². The molecular formula is C15H25NO2. The summed E-state index contributed by atoms with van der Waals surface area (Å²) in [6, 6.07) is 8.22. The third-order valence-electron chi connectivity index (χ3n) is 2.79. The molecule has 0 aliphatic carbocycles. The average Bonchev–Trinajstić information content (AvgIpc) is 2.28. The summed E-state index contributed by atoms with van der Waals surface area (Å²) in [5, 5.41) is 13.0. The van der Waals surface area contributed by atoms with Gasteiger partial charge < -0.3 is 15.2 Å². The van der Waals surface area contributed by atoms with Crippen LogP contribution in [0.1, 0.15) is 40.2 Å². The first kappa shape index (κ1) is 15.0. The summed E-state index contributed by atoms with van der Waals surface area (Å²) < 4.78 is 5.61. The Morgan fingerprint density at radius 2 is 1.72 bits per heavy atom. The van der Waals surface area contributed by atoms with E-state index in [9.17, 15) is 5.11 Å². The van der Waals surface area contributed by atoms with E-state index >= 15 is 0 Å². The quantitative estimate of drug-likeness (QED) is 0.816. The van der Waals surface area contributed by atoms with Crippen molar-refractivity contribution < 1.29 is 9.84 Å². The van der Waals surface area contributed by atoms with Crippen molar-refractivity contribution in [2.75, 3.05) is 6.61 Å². The van der Waals surface area contributed by atoms with Crippen LogP contribution in [0.25, 0.3) is 0 Å². The van der Waals surface area contributed by atoms with Crippen LogP contribution in [-0.2, 0) is 5.54 Å². The molecule has 3 heteroatoms. The Bertz CT molecular complexity index is 359. The van der Waals surface area contributed by atoms with Crippen LogP contribution in [0.15, 0.2) is 24.3 Å². The maximum Gasteiger partial charge on any atom is 0.119 e. The number of hydrogen-bond acceptors (Lipinski definition) is 3. The van der Waals surface area contributed by atoms with Crippen LogP contribution in [0.2, 0.25) is 0 Å². The molecule has 102 valence electrons. The predicted octanol–water partition coefficient (Wildman–Crippen LogP) is 2.68. The SMILES string of the molecule is CC(C)NC(C)(CO)c1ccc(OC(C)C)cc1. The first-order valence-electron chi connectivity index (χ1n) is 6.53. The summed E-state index contributed by atoms with van der Waals surface area (Å²) in [6.45, 7) is 10.2. The van der Waals surface area contributed by atoms with E-state index in [1.165, 1.54) is 0 Å². The number of aliphatic hydroxyl groups excluding tert-OH is 1. The lowest BCUT2D eigenvalue weighted by Gasteiger charge is -2.31. The van der Waals surface area contributed by atoms with E-state index in [0.717, 1.165) is 11.3 Å². The second kappa shape index (κ2) is 6.21. The molecular weight excluding hydrogens is 226 g/mol. The van der Waals surface area contributed by atoms with Gasteiger partial charge in [0.1, 0.15) is 5.75 Å². The zero-order valence-electron chi connectivity index (χ0n) is 12.0. The van der Waals surface area contributed by atoms with E-state index in [1.807, 2.05) is 45.0 Å². The molecule has 3 nitrogen and oxygen atoms in total. The number of hydrogen-bond donors (Lipinski definition) is 2. The fraction of sp³-hybridized carbons (Fsp3) is 0.600. The number of benzene rings is 1. The maximum atomic E-state index is 9.61. The second-order valence-electron chi connectivity index (χ2n) is 5.48. The van der Waals surface area contributed by atoms with E-state index in [2.05, 4.69) is 19.2 Å². The van der Waals surface area contributed by atoms with Gasteiger partial charge in [0.05, 0.1) is 18.2 Å². The number of aliphatic hydroxyl groups is 1. The highest BCUT2D eigenvalue weighted by Crippen LogP contribution is 2.24. The lowest BCUT2D eigenvalue weighted by atomic mass is 9.92. The molecule has 0 aliphatic heterocycles. The topological polar surface area (TPSA) is 41.5 Å². The molecule has 0 aromatic heterocycles. The first-order valence-corrected chi connectivity index (χ1v) is 6.53. The van der Waals surface area contributed by atoms with Crippen molar-refractivity contribution in [3.05, 3.63) is 29.8 Å². The lowest BCUT2D eigenvalue weighted by Crippen LogP contribution is -2.46. The predicted molar refractivity (Wildman–Crippen MR) is 74.9 cm³/mol. The van der Waals surface area contributed by atoms with Crippen molar-refractivity contribution in [1.29, 1.82) is 0 Å². The van der Waals surface area contributed by atoms with Crippen LogP contribution in [0.4, 0.5) is 0 Å². The van der Waals surface area contributed by atoms with E-state index < -0.39 is 5.54 Å². The van der Waals surface area contributed by atoms with Crippen LogP contribution in [-0.4, -0.2) is 23.9 Å². The van der Waals surface area contributed by atoms with Gasteiger partial charge in [0, 0.05) is 6.04 Å². The van der Waals surface area contributed by atoms with E-state index in [0.29, 0.717) is 6.04 Å². The molecule has 18 heavy (non-hydrogen) atoms. The van der Waals surface area contributed by atoms with Crippen molar-refractivity contribution in [2.45, 2.75) is 52.3 Å². The monoisotopic (exact) mass is 251 g/mol. The van der Waals surface area contributed by atoms with Gasteiger partial charge in [0.2, 0.25) is 0 Å². The van der Waals surface area contributed by atoms with Crippen molar-refractivity contribution in [3.63, 3.8) is 0 Å². The largest absolute Gasteiger partial charge is 0.491 e. The van der Waals surface area contributed by atoms with Gasteiger partial charge in [-0.3, -0.25) is 0 Å². The summed E-state index contributed by atoms with van der Waals surface area (Å²) in [5.74, 6) is 0.860. The van der Waals surface area contributed by atoms with Crippen molar-refractivity contribution >= 4 is 0 Å². The number of ether oxygens (including phenoxy) is 1. The van der Waals surface area contributed by atoms with E-state index in [-0.39, 0.29) is 12.7 Å². The van der Waals surface area contributed by atoms with Gasteiger partial charge in [-0.05, 0) is 52.3 Å². The van der Waals surface area contributed by atoms with Crippen molar-refractivity contribution in [3.8, 4) is 5.75 Å². The third-order valence-corrected chi connectivity index (χ3v) is 2.79. The summed E-state index contributed by atoms with van der Waals surface area (Å²) >= 11 is 0. The van der Waals surface area contributed by atoms with Crippen LogP contribution in [0.3, 0.4) is 0 Å². The Balaban J connectivity index is 2.87. The van der Waals surface area contributed by atoms with Gasteiger partial charge in [-0.2, -0.15) is 0 Å². The fourth-order valence-electron chi connectivity index (χ4n) is 2.03. The maximum absolute atomic E-state index is 9.61. The molecule has 0 saturated carbocycles. The Morgan fingerprint density at radius 3 is 2.11 bits per heavy atom. The smallest absolute Gasteiger partial charge is 0.119 e. The van der Waals surface area contributed by atoms with Gasteiger partial charge in [0.15, 0.2) is 0 Å². The summed E-state index contributed by atoms with van der Waals surface area (Å²) in [6.07, 6.45) is 0.175. The molecule has 1 aromatic rings. The molecule has 0 bridgehead atoms.